The molecule has 2 aromatic carbocycles. The third-order valence-electron chi connectivity index (χ3n) is 5.33. The zero-order valence-corrected chi connectivity index (χ0v) is 15.3. The number of fused-ring (bicyclic) bond motifs is 1. The Morgan fingerprint density at radius 3 is 2.73 bits per heavy atom. The number of nitrogens with zero attached hydrogens (tertiary/aromatic N) is 3. The van der Waals surface area contributed by atoms with E-state index in [-0.39, 0.29) is 0 Å². The summed E-state index contributed by atoms with van der Waals surface area (Å²) in [6, 6.07) is 16.3. The number of rotatable bonds is 3. The highest BCUT2D eigenvalue weighted by Crippen LogP contribution is 2.37. The predicted octanol–water partition coefficient (Wildman–Crippen LogP) is 5.55. The van der Waals surface area contributed by atoms with Gasteiger partial charge in [0.1, 0.15) is 5.69 Å². The van der Waals surface area contributed by atoms with Gasteiger partial charge < -0.3 is 4.98 Å². The van der Waals surface area contributed by atoms with E-state index in [0.717, 1.165) is 38.7 Å². The van der Waals surface area contributed by atoms with Gasteiger partial charge in [-0.05, 0) is 42.7 Å². The van der Waals surface area contributed by atoms with Gasteiger partial charge in [-0.25, -0.2) is 4.98 Å². The number of halogens is 1. The highest BCUT2D eigenvalue weighted by molar-refractivity contribution is 6.33. The normalized spacial score (nSPS) is 14.7. The molecular formula is C21H19ClN4. The number of benzene rings is 2. The lowest BCUT2D eigenvalue weighted by molar-refractivity contribution is 0.408. The fourth-order valence-electron chi connectivity index (χ4n) is 3.60. The van der Waals surface area contributed by atoms with Crippen molar-refractivity contribution in [1.29, 1.82) is 0 Å². The first-order chi connectivity index (χ1) is 12.7. The summed E-state index contributed by atoms with van der Waals surface area (Å²) in [4.78, 5) is 8.25. The monoisotopic (exact) mass is 362 g/mol. The van der Waals surface area contributed by atoms with Gasteiger partial charge >= 0.3 is 0 Å². The first kappa shape index (κ1) is 15.6. The van der Waals surface area contributed by atoms with Crippen LogP contribution in [0, 0.1) is 0 Å². The number of hydrogen-bond donors (Lipinski definition) is 1. The number of nitrogens with one attached hydrogen (secondary N) is 1. The molecule has 1 N–H and O–H groups in total. The number of imidazole rings is 1. The fraction of sp³-hybridized carbons (Fsp3) is 0.238. The van der Waals surface area contributed by atoms with Crippen molar-refractivity contribution < 1.29 is 0 Å². The van der Waals surface area contributed by atoms with Crippen molar-refractivity contribution in [1.82, 2.24) is 19.7 Å². The Bertz CT molecular complexity index is 1100. The van der Waals surface area contributed by atoms with Crippen LogP contribution in [0.3, 0.4) is 0 Å². The summed E-state index contributed by atoms with van der Waals surface area (Å²) in [7, 11) is 1.99. The van der Waals surface area contributed by atoms with E-state index in [1.807, 2.05) is 36.0 Å². The molecule has 1 aliphatic carbocycles. The average Bonchev–Trinajstić information content (AvgIpc) is 3.16. The Morgan fingerprint density at radius 1 is 1.12 bits per heavy atom. The minimum atomic E-state index is 0.617. The molecule has 1 aliphatic rings. The molecule has 4 aromatic rings. The SMILES string of the molecule is Cn1nc(C2CCC2)cc1-c1nc2cc(-c3ccccc3Cl)ccc2[nH]1. The van der Waals surface area contributed by atoms with Crippen molar-refractivity contribution in [3.05, 3.63) is 59.2 Å². The van der Waals surface area contributed by atoms with Crippen LogP contribution in [0.5, 0.6) is 0 Å². The molecule has 1 fully saturated rings. The van der Waals surface area contributed by atoms with E-state index in [1.165, 1.54) is 25.0 Å². The third-order valence-corrected chi connectivity index (χ3v) is 5.66. The van der Waals surface area contributed by atoms with Crippen molar-refractivity contribution in [2.24, 2.45) is 7.05 Å². The molecule has 2 aromatic heterocycles. The maximum absolute atomic E-state index is 6.34. The second-order valence-corrected chi connectivity index (χ2v) is 7.41. The summed E-state index contributed by atoms with van der Waals surface area (Å²) in [6.07, 6.45) is 3.81. The topological polar surface area (TPSA) is 46.5 Å². The van der Waals surface area contributed by atoms with E-state index < -0.39 is 0 Å². The van der Waals surface area contributed by atoms with Crippen LogP contribution in [0.25, 0.3) is 33.7 Å². The molecule has 0 atom stereocenters. The standard InChI is InChI=1S/C21H19ClN4/c1-26-20(12-18(25-26)13-5-4-6-13)21-23-17-10-9-14(11-19(17)24-21)15-7-2-3-8-16(15)22/h2-3,7-13H,4-6H2,1H3,(H,23,24). The van der Waals surface area contributed by atoms with Gasteiger partial charge in [0.05, 0.1) is 16.7 Å². The third kappa shape index (κ3) is 2.53. The predicted molar refractivity (Wildman–Crippen MR) is 105 cm³/mol. The highest BCUT2D eigenvalue weighted by Gasteiger charge is 2.24. The Kier molecular flexibility index (Phi) is 3.61. The van der Waals surface area contributed by atoms with Crippen molar-refractivity contribution in [2.45, 2.75) is 25.2 Å². The molecular weight excluding hydrogens is 344 g/mol. The van der Waals surface area contributed by atoms with Crippen molar-refractivity contribution in [3.8, 4) is 22.6 Å². The molecule has 0 saturated heterocycles. The molecule has 2 heterocycles. The second-order valence-electron chi connectivity index (χ2n) is 7.00. The highest BCUT2D eigenvalue weighted by atomic mass is 35.5. The van der Waals surface area contributed by atoms with Gasteiger partial charge in [0.2, 0.25) is 0 Å². The van der Waals surface area contributed by atoms with Crippen LogP contribution in [0.1, 0.15) is 30.9 Å². The first-order valence-electron chi connectivity index (χ1n) is 8.98. The summed E-state index contributed by atoms with van der Waals surface area (Å²) < 4.78 is 1.93. The van der Waals surface area contributed by atoms with Crippen LogP contribution in [-0.4, -0.2) is 19.7 Å². The second kappa shape index (κ2) is 5.99. The van der Waals surface area contributed by atoms with Crippen LogP contribution in [0.4, 0.5) is 0 Å². The maximum Gasteiger partial charge on any atom is 0.156 e. The van der Waals surface area contributed by atoms with Crippen molar-refractivity contribution in [3.63, 3.8) is 0 Å². The Morgan fingerprint density at radius 2 is 1.96 bits per heavy atom. The largest absolute Gasteiger partial charge is 0.337 e. The average molecular weight is 363 g/mol. The van der Waals surface area contributed by atoms with Crippen LogP contribution in [-0.2, 0) is 7.05 Å². The summed E-state index contributed by atoms with van der Waals surface area (Å²) in [5, 5.41) is 5.44. The molecule has 0 radical (unpaired) electrons. The Balaban J connectivity index is 1.56. The van der Waals surface area contributed by atoms with E-state index >= 15 is 0 Å². The molecule has 26 heavy (non-hydrogen) atoms. The lowest BCUT2D eigenvalue weighted by atomic mass is 9.83. The number of aromatic nitrogens is 4. The van der Waals surface area contributed by atoms with Crippen molar-refractivity contribution in [2.75, 3.05) is 0 Å². The van der Waals surface area contributed by atoms with Crippen LogP contribution < -0.4 is 0 Å². The van der Waals surface area contributed by atoms with Gasteiger partial charge in [-0.1, -0.05) is 42.3 Å². The van der Waals surface area contributed by atoms with E-state index in [2.05, 4.69) is 29.2 Å². The smallest absolute Gasteiger partial charge is 0.156 e. The first-order valence-corrected chi connectivity index (χ1v) is 9.36. The summed E-state index contributed by atoms with van der Waals surface area (Å²) >= 11 is 6.34. The molecule has 0 spiro atoms. The summed E-state index contributed by atoms with van der Waals surface area (Å²) in [6.45, 7) is 0. The quantitative estimate of drug-likeness (QED) is 0.519. The van der Waals surface area contributed by atoms with E-state index in [9.17, 15) is 0 Å². The molecule has 1 saturated carbocycles. The molecule has 0 aliphatic heterocycles. The van der Waals surface area contributed by atoms with Crippen LogP contribution >= 0.6 is 11.6 Å². The lowest BCUT2D eigenvalue weighted by Gasteiger charge is -2.22. The number of aryl methyl sites for hydroxylation is 1. The van der Waals surface area contributed by atoms with E-state index in [0.29, 0.717) is 5.92 Å². The minimum absolute atomic E-state index is 0.617. The maximum atomic E-state index is 6.34. The minimum Gasteiger partial charge on any atom is -0.337 e. The van der Waals surface area contributed by atoms with Gasteiger partial charge in [0.25, 0.3) is 0 Å². The molecule has 4 nitrogen and oxygen atoms in total. The number of hydrogen-bond acceptors (Lipinski definition) is 2. The molecule has 0 unspecified atom stereocenters. The van der Waals surface area contributed by atoms with Gasteiger partial charge in [-0.3, -0.25) is 4.68 Å². The summed E-state index contributed by atoms with van der Waals surface area (Å²) in [5.74, 6) is 1.48. The van der Waals surface area contributed by atoms with Crippen molar-refractivity contribution >= 4 is 22.6 Å². The summed E-state index contributed by atoms with van der Waals surface area (Å²) in [5.41, 5.74) is 6.26. The van der Waals surface area contributed by atoms with Crippen LogP contribution in [0.2, 0.25) is 5.02 Å². The van der Waals surface area contributed by atoms with E-state index in [1.54, 1.807) is 0 Å². The fourth-order valence-corrected chi connectivity index (χ4v) is 3.85. The molecule has 0 bridgehead atoms. The zero-order chi connectivity index (χ0) is 17.7. The number of H-pyrrole nitrogens is 1. The van der Waals surface area contributed by atoms with Gasteiger partial charge in [-0.15, -0.1) is 0 Å². The molecule has 130 valence electrons. The molecule has 5 heteroatoms. The van der Waals surface area contributed by atoms with Gasteiger partial charge in [0, 0.05) is 23.6 Å². The van der Waals surface area contributed by atoms with E-state index in [4.69, 9.17) is 21.7 Å². The molecule has 5 rings (SSSR count). The van der Waals surface area contributed by atoms with Crippen LogP contribution in [0.15, 0.2) is 48.5 Å². The Labute approximate surface area is 156 Å². The zero-order valence-electron chi connectivity index (χ0n) is 14.5. The lowest BCUT2D eigenvalue weighted by Crippen LogP contribution is -2.09. The van der Waals surface area contributed by atoms with Gasteiger partial charge in [-0.2, -0.15) is 5.10 Å². The van der Waals surface area contributed by atoms with Gasteiger partial charge in [0.15, 0.2) is 5.82 Å². The number of aromatic amines is 1. The Hall–Kier alpha value is -2.59. The molecule has 0 amide bonds.